The van der Waals surface area contributed by atoms with Crippen LogP contribution in [-0.2, 0) is 10.2 Å². The molecule has 1 atom stereocenters. The van der Waals surface area contributed by atoms with Crippen molar-refractivity contribution in [3.63, 3.8) is 0 Å². The summed E-state index contributed by atoms with van der Waals surface area (Å²) >= 11 is 0. The highest BCUT2D eigenvalue weighted by molar-refractivity contribution is 5.88. The maximum absolute atomic E-state index is 11.5. The molecule has 2 heterocycles. The molecule has 1 unspecified atom stereocenters. The first-order chi connectivity index (χ1) is 10.1. The van der Waals surface area contributed by atoms with Gasteiger partial charge in [-0.15, -0.1) is 0 Å². The van der Waals surface area contributed by atoms with Crippen molar-refractivity contribution in [2.45, 2.75) is 25.3 Å². The monoisotopic (exact) mass is 282 g/mol. The van der Waals surface area contributed by atoms with Crippen molar-refractivity contribution in [3.05, 3.63) is 70.1 Å². The SMILES string of the molecule is CC(C)(C1=NC(c2ccccc2)CO1)c1cccc(=O)[nH]1. The molecular formula is C17H18N2O2. The average Bonchev–Trinajstić information content (AvgIpc) is 2.99. The predicted octanol–water partition coefficient (Wildman–Crippen LogP) is 2.82. The maximum atomic E-state index is 11.5. The largest absolute Gasteiger partial charge is 0.478 e. The van der Waals surface area contributed by atoms with Crippen LogP contribution in [0.25, 0.3) is 0 Å². The molecule has 1 aliphatic rings. The van der Waals surface area contributed by atoms with E-state index in [4.69, 9.17) is 9.73 Å². The van der Waals surface area contributed by atoms with Gasteiger partial charge in [0.2, 0.25) is 5.56 Å². The van der Waals surface area contributed by atoms with E-state index in [1.165, 1.54) is 6.07 Å². The fraction of sp³-hybridized carbons (Fsp3) is 0.294. The molecule has 0 spiro atoms. The van der Waals surface area contributed by atoms with Gasteiger partial charge in [0.05, 0.1) is 5.41 Å². The van der Waals surface area contributed by atoms with Gasteiger partial charge in [-0.1, -0.05) is 36.4 Å². The Bertz CT molecular complexity index is 717. The van der Waals surface area contributed by atoms with Crippen molar-refractivity contribution in [2.75, 3.05) is 6.61 Å². The summed E-state index contributed by atoms with van der Waals surface area (Å²) in [5, 5.41) is 0. The fourth-order valence-corrected chi connectivity index (χ4v) is 2.49. The molecule has 0 saturated heterocycles. The minimum Gasteiger partial charge on any atom is -0.478 e. The van der Waals surface area contributed by atoms with Gasteiger partial charge in [-0.2, -0.15) is 0 Å². The van der Waals surface area contributed by atoms with Gasteiger partial charge in [-0.3, -0.25) is 4.79 Å². The zero-order valence-electron chi connectivity index (χ0n) is 12.2. The molecule has 108 valence electrons. The normalized spacial score (nSPS) is 18.2. The van der Waals surface area contributed by atoms with Gasteiger partial charge in [-0.25, -0.2) is 4.99 Å². The highest BCUT2D eigenvalue weighted by atomic mass is 16.5. The van der Waals surface area contributed by atoms with Crippen LogP contribution in [0.15, 0.2) is 58.3 Å². The lowest BCUT2D eigenvalue weighted by molar-refractivity contribution is 0.295. The molecule has 0 saturated carbocycles. The molecule has 1 N–H and O–H groups in total. The van der Waals surface area contributed by atoms with Crippen molar-refractivity contribution < 1.29 is 4.74 Å². The first-order valence-corrected chi connectivity index (χ1v) is 7.03. The Morgan fingerprint density at radius 3 is 2.62 bits per heavy atom. The van der Waals surface area contributed by atoms with Crippen LogP contribution >= 0.6 is 0 Å². The first kappa shape index (κ1) is 13.6. The van der Waals surface area contributed by atoms with E-state index >= 15 is 0 Å². The number of pyridine rings is 1. The summed E-state index contributed by atoms with van der Waals surface area (Å²) in [5.41, 5.74) is 1.38. The molecule has 4 heteroatoms. The Morgan fingerprint density at radius 1 is 1.14 bits per heavy atom. The van der Waals surface area contributed by atoms with Crippen molar-refractivity contribution in [1.29, 1.82) is 0 Å². The number of nitrogens with zero attached hydrogens (tertiary/aromatic N) is 1. The van der Waals surface area contributed by atoms with E-state index in [0.29, 0.717) is 12.5 Å². The summed E-state index contributed by atoms with van der Waals surface area (Å²) in [6.45, 7) is 4.55. The standard InChI is InChI=1S/C17H18N2O2/c1-17(2,14-9-6-10-15(20)19-14)16-18-13(11-21-16)12-7-4-3-5-8-12/h3-10,13H,11H2,1-2H3,(H,19,20). The molecule has 4 nitrogen and oxygen atoms in total. The van der Waals surface area contributed by atoms with Crippen molar-refractivity contribution in [2.24, 2.45) is 4.99 Å². The number of rotatable bonds is 3. The predicted molar refractivity (Wildman–Crippen MR) is 82.7 cm³/mol. The number of H-pyrrole nitrogens is 1. The Labute approximate surface area is 123 Å². The zero-order valence-corrected chi connectivity index (χ0v) is 12.2. The molecular weight excluding hydrogens is 264 g/mol. The van der Waals surface area contributed by atoms with Crippen molar-refractivity contribution in [3.8, 4) is 0 Å². The third-order valence-electron chi connectivity index (χ3n) is 3.81. The number of hydrogen-bond donors (Lipinski definition) is 1. The number of aromatic amines is 1. The van der Waals surface area contributed by atoms with Crippen LogP contribution < -0.4 is 5.56 Å². The molecule has 2 aromatic rings. The summed E-state index contributed by atoms with van der Waals surface area (Å²) in [4.78, 5) is 19.1. The third-order valence-corrected chi connectivity index (χ3v) is 3.81. The lowest BCUT2D eigenvalue weighted by atomic mass is 9.88. The Morgan fingerprint density at radius 2 is 1.90 bits per heavy atom. The van der Waals surface area contributed by atoms with Gasteiger partial charge >= 0.3 is 0 Å². The van der Waals surface area contributed by atoms with Gasteiger partial charge in [-0.05, 0) is 25.5 Å². The van der Waals surface area contributed by atoms with E-state index in [1.807, 2.05) is 38.1 Å². The molecule has 0 aliphatic carbocycles. The van der Waals surface area contributed by atoms with Crippen LogP contribution in [0.4, 0.5) is 0 Å². The van der Waals surface area contributed by atoms with Gasteiger partial charge in [0.1, 0.15) is 12.6 Å². The number of aromatic nitrogens is 1. The molecule has 0 radical (unpaired) electrons. The number of nitrogens with one attached hydrogen (secondary N) is 1. The van der Waals surface area contributed by atoms with Crippen molar-refractivity contribution in [1.82, 2.24) is 4.98 Å². The number of aliphatic imine (C=N–C) groups is 1. The van der Waals surface area contributed by atoms with Crippen LogP contribution in [0.2, 0.25) is 0 Å². The highest BCUT2D eigenvalue weighted by Crippen LogP contribution is 2.31. The molecule has 0 fully saturated rings. The second-order valence-corrected chi connectivity index (χ2v) is 5.73. The van der Waals surface area contributed by atoms with Crippen LogP contribution in [0.3, 0.4) is 0 Å². The second-order valence-electron chi connectivity index (χ2n) is 5.73. The quantitative estimate of drug-likeness (QED) is 0.941. The summed E-state index contributed by atoms with van der Waals surface area (Å²) in [6, 6.07) is 15.3. The van der Waals surface area contributed by atoms with Gasteiger partial charge < -0.3 is 9.72 Å². The van der Waals surface area contributed by atoms with E-state index in [2.05, 4.69) is 17.1 Å². The summed E-state index contributed by atoms with van der Waals surface area (Å²) in [7, 11) is 0. The van der Waals surface area contributed by atoms with E-state index in [-0.39, 0.29) is 11.6 Å². The highest BCUT2D eigenvalue weighted by Gasteiger charge is 2.35. The van der Waals surface area contributed by atoms with Crippen LogP contribution in [0, 0.1) is 0 Å². The minimum absolute atomic E-state index is 0.0240. The Kier molecular flexibility index (Phi) is 3.37. The molecule has 1 aromatic carbocycles. The second kappa shape index (κ2) is 5.20. The molecule has 21 heavy (non-hydrogen) atoms. The summed E-state index contributed by atoms with van der Waals surface area (Å²) < 4.78 is 5.81. The van der Waals surface area contributed by atoms with Gasteiger partial charge in [0.25, 0.3) is 0 Å². The number of ether oxygens (including phenoxy) is 1. The average molecular weight is 282 g/mol. The van der Waals surface area contributed by atoms with E-state index < -0.39 is 5.41 Å². The van der Waals surface area contributed by atoms with E-state index in [0.717, 1.165) is 11.3 Å². The topological polar surface area (TPSA) is 54.4 Å². The lowest BCUT2D eigenvalue weighted by Crippen LogP contribution is -2.32. The third kappa shape index (κ3) is 2.61. The minimum atomic E-state index is -0.454. The smallest absolute Gasteiger partial charge is 0.248 e. The van der Waals surface area contributed by atoms with Crippen LogP contribution in [0.1, 0.15) is 31.1 Å². The Hall–Kier alpha value is -2.36. The molecule has 0 bridgehead atoms. The van der Waals surface area contributed by atoms with Gasteiger partial charge in [0, 0.05) is 11.8 Å². The lowest BCUT2D eigenvalue weighted by Gasteiger charge is -2.23. The number of hydrogen-bond acceptors (Lipinski definition) is 3. The summed E-state index contributed by atoms with van der Waals surface area (Å²) in [6.07, 6.45) is 0. The summed E-state index contributed by atoms with van der Waals surface area (Å²) in [5.74, 6) is 0.665. The molecule has 3 rings (SSSR count). The molecule has 1 aromatic heterocycles. The first-order valence-electron chi connectivity index (χ1n) is 7.03. The van der Waals surface area contributed by atoms with Gasteiger partial charge in [0.15, 0.2) is 5.90 Å². The van der Waals surface area contributed by atoms with Crippen molar-refractivity contribution >= 4 is 5.90 Å². The Balaban J connectivity index is 1.92. The van der Waals surface area contributed by atoms with E-state index in [1.54, 1.807) is 6.07 Å². The number of benzene rings is 1. The molecule has 1 aliphatic heterocycles. The zero-order chi connectivity index (χ0) is 14.9. The maximum Gasteiger partial charge on any atom is 0.248 e. The molecule has 0 amide bonds. The van der Waals surface area contributed by atoms with E-state index in [9.17, 15) is 4.79 Å². The fourth-order valence-electron chi connectivity index (χ4n) is 2.49. The van der Waals surface area contributed by atoms with Crippen LogP contribution in [0.5, 0.6) is 0 Å². The van der Waals surface area contributed by atoms with Crippen LogP contribution in [-0.4, -0.2) is 17.5 Å².